The van der Waals surface area contributed by atoms with Crippen molar-refractivity contribution in [3.05, 3.63) is 83.7 Å². The van der Waals surface area contributed by atoms with Crippen molar-refractivity contribution in [2.24, 2.45) is 0 Å². The van der Waals surface area contributed by atoms with Gasteiger partial charge < -0.3 is 20.5 Å². The molecule has 3 heterocycles. The normalized spacial score (nSPS) is 12.8. The number of aryl methyl sites for hydroxylation is 1. The van der Waals surface area contributed by atoms with Crippen LogP contribution in [-0.2, 0) is 13.0 Å². The van der Waals surface area contributed by atoms with Crippen LogP contribution in [0.2, 0.25) is 0 Å². The number of carbonyl (C=O) groups is 1. The van der Waals surface area contributed by atoms with Gasteiger partial charge in [0.05, 0.1) is 0 Å². The van der Waals surface area contributed by atoms with Gasteiger partial charge in [-0.2, -0.15) is 0 Å². The van der Waals surface area contributed by atoms with Crippen LogP contribution in [0, 0.1) is 6.92 Å². The van der Waals surface area contributed by atoms with E-state index >= 15 is 0 Å². The molecule has 5 rings (SSSR count). The Bertz CT molecular complexity index is 1230. The Balaban J connectivity index is 1.34. The third-order valence-electron chi connectivity index (χ3n) is 5.66. The lowest BCUT2D eigenvalue weighted by Crippen LogP contribution is -2.20. The van der Waals surface area contributed by atoms with E-state index < -0.39 is 0 Å². The molecule has 2 aromatic heterocycles. The molecule has 6 nitrogen and oxygen atoms in total. The number of carbonyl (C=O) groups excluding carboxylic acids is 1. The minimum absolute atomic E-state index is 0.223. The van der Waals surface area contributed by atoms with Crippen molar-refractivity contribution >= 4 is 34.1 Å². The van der Waals surface area contributed by atoms with Crippen molar-refractivity contribution < 1.29 is 4.79 Å². The molecule has 0 saturated heterocycles. The molecule has 6 heteroatoms. The fourth-order valence-corrected chi connectivity index (χ4v) is 4.12. The number of fused-ring (bicyclic) bond motifs is 2. The summed E-state index contributed by atoms with van der Waals surface area (Å²) < 4.78 is 0. The summed E-state index contributed by atoms with van der Waals surface area (Å²) in [7, 11) is 0. The molecule has 0 spiro atoms. The second-order valence-electron chi connectivity index (χ2n) is 7.58. The molecular weight excluding hydrogens is 374 g/mol. The number of anilines is 3. The van der Waals surface area contributed by atoms with Gasteiger partial charge in [-0.3, -0.25) is 0 Å². The number of para-hydroxylation sites is 1. The van der Waals surface area contributed by atoms with Gasteiger partial charge in [-0.15, -0.1) is 0 Å². The quantitative estimate of drug-likeness (QED) is 0.450. The van der Waals surface area contributed by atoms with E-state index in [1.54, 1.807) is 6.20 Å². The number of H-pyrrole nitrogens is 1. The summed E-state index contributed by atoms with van der Waals surface area (Å²) in [5.41, 5.74) is 7.19. The lowest BCUT2D eigenvalue weighted by molar-refractivity contribution is 0.262. The summed E-state index contributed by atoms with van der Waals surface area (Å²) in [5, 5.41) is 7.13. The Morgan fingerprint density at radius 3 is 2.80 bits per heavy atom. The van der Waals surface area contributed by atoms with E-state index in [2.05, 4.69) is 37.6 Å². The molecule has 1 aliphatic rings. The zero-order chi connectivity index (χ0) is 20.5. The molecule has 4 aromatic rings. The topological polar surface area (TPSA) is 73.1 Å². The number of hydrogen-bond donors (Lipinski definition) is 3. The Kier molecular flexibility index (Phi) is 4.59. The molecule has 1 aliphatic heterocycles. The van der Waals surface area contributed by atoms with Gasteiger partial charge in [0.1, 0.15) is 5.65 Å². The van der Waals surface area contributed by atoms with E-state index in [0.717, 1.165) is 47.5 Å². The maximum absolute atomic E-state index is 12.6. The minimum atomic E-state index is -0.223. The summed E-state index contributed by atoms with van der Waals surface area (Å²) in [4.78, 5) is 22.6. The number of nitrogens with zero attached hydrogens (tertiary/aromatic N) is 2. The number of aromatic nitrogens is 2. The van der Waals surface area contributed by atoms with Crippen molar-refractivity contribution in [2.75, 3.05) is 22.1 Å². The van der Waals surface area contributed by atoms with Crippen LogP contribution in [0.5, 0.6) is 0 Å². The van der Waals surface area contributed by atoms with Crippen LogP contribution in [0.25, 0.3) is 11.0 Å². The summed E-state index contributed by atoms with van der Waals surface area (Å²) in [6.45, 7) is 3.70. The monoisotopic (exact) mass is 397 g/mol. The highest BCUT2D eigenvalue weighted by atomic mass is 16.2. The lowest BCUT2D eigenvalue weighted by Gasteiger charge is -2.19. The van der Waals surface area contributed by atoms with Crippen molar-refractivity contribution in [3.63, 3.8) is 0 Å². The molecule has 2 amide bonds. The molecule has 0 bridgehead atoms. The van der Waals surface area contributed by atoms with Crippen LogP contribution < -0.4 is 15.5 Å². The van der Waals surface area contributed by atoms with E-state index in [9.17, 15) is 4.79 Å². The summed E-state index contributed by atoms with van der Waals surface area (Å²) in [6, 6.07) is 17.7. The number of urea groups is 1. The highest BCUT2D eigenvalue weighted by Gasteiger charge is 2.23. The van der Waals surface area contributed by atoms with Crippen molar-refractivity contribution in [2.45, 2.75) is 19.9 Å². The maximum Gasteiger partial charge on any atom is 0.323 e. The first-order valence-corrected chi connectivity index (χ1v) is 10.1. The third-order valence-corrected chi connectivity index (χ3v) is 5.66. The molecule has 30 heavy (non-hydrogen) atoms. The van der Waals surface area contributed by atoms with E-state index in [0.29, 0.717) is 0 Å². The first kappa shape index (κ1) is 18.2. The second kappa shape index (κ2) is 7.55. The molecule has 0 unspecified atom stereocenters. The first-order valence-electron chi connectivity index (χ1n) is 10.1. The van der Waals surface area contributed by atoms with E-state index in [-0.39, 0.29) is 6.03 Å². The Morgan fingerprint density at radius 1 is 1.07 bits per heavy atom. The van der Waals surface area contributed by atoms with E-state index in [1.807, 2.05) is 55.6 Å². The van der Waals surface area contributed by atoms with Crippen LogP contribution in [0.15, 0.2) is 67.0 Å². The fraction of sp³-hybridized carbons (Fsp3) is 0.167. The lowest BCUT2D eigenvalue weighted by atomic mass is 10.1. The summed E-state index contributed by atoms with van der Waals surface area (Å²) in [6.07, 6.45) is 4.73. The standard InChI is InChI=1S/C24H23N5O/c1-16-6-2-3-8-20(16)27-24(30)28-21-9-4-10-22-19(21)11-13-29(22)15-17-14-26-23-18(17)7-5-12-25-23/h2-10,12,14H,11,13,15H2,1H3,(H,25,26)(H2,27,28,30). The fourth-order valence-electron chi connectivity index (χ4n) is 4.12. The van der Waals surface area contributed by atoms with Gasteiger partial charge in [-0.05, 0) is 54.8 Å². The zero-order valence-corrected chi connectivity index (χ0v) is 16.8. The predicted molar refractivity (Wildman–Crippen MR) is 121 cm³/mol. The van der Waals surface area contributed by atoms with E-state index in [4.69, 9.17) is 0 Å². The molecule has 0 saturated carbocycles. The van der Waals surface area contributed by atoms with Gasteiger partial charge in [0.2, 0.25) is 0 Å². The van der Waals surface area contributed by atoms with Gasteiger partial charge in [0.25, 0.3) is 0 Å². The predicted octanol–water partition coefficient (Wildman–Crippen LogP) is 5.08. The van der Waals surface area contributed by atoms with Gasteiger partial charge in [-0.25, -0.2) is 9.78 Å². The number of hydrogen-bond acceptors (Lipinski definition) is 3. The van der Waals surface area contributed by atoms with E-state index in [1.165, 1.54) is 16.8 Å². The van der Waals surface area contributed by atoms with Gasteiger partial charge in [0, 0.05) is 53.5 Å². The van der Waals surface area contributed by atoms with Crippen LogP contribution in [-0.4, -0.2) is 22.5 Å². The Morgan fingerprint density at radius 2 is 1.90 bits per heavy atom. The smallest absolute Gasteiger partial charge is 0.323 e. The number of benzene rings is 2. The number of aromatic amines is 1. The van der Waals surface area contributed by atoms with Crippen LogP contribution in [0.1, 0.15) is 16.7 Å². The average molecular weight is 397 g/mol. The average Bonchev–Trinajstić information content (AvgIpc) is 3.35. The number of rotatable bonds is 4. The third kappa shape index (κ3) is 3.37. The molecule has 150 valence electrons. The van der Waals surface area contributed by atoms with Crippen molar-refractivity contribution in [1.82, 2.24) is 9.97 Å². The summed E-state index contributed by atoms with van der Waals surface area (Å²) in [5.74, 6) is 0. The van der Waals surface area contributed by atoms with Crippen LogP contribution >= 0.6 is 0 Å². The van der Waals surface area contributed by atoms with Crippen molar-refractivity contribution in [3.8, 4) is 0 Å². The molecule has 0 atom stereocenters. The maximum atomic E-state index is 12.6. The highest BCUT2D eigenvalue weighted by Crippen LogP contribution is 2.35. The molecule has 0 fully saturated rings. The minimum Gasteiger partial charge on any atom is -0.367 e. The Hall–Kier alpha value is -3.80. The molecule has 2 aromatic carbocycles. The van der Waals surface area contributed by atoms with Crippen LogP contribution in [0.3, 0.4) is 0 Å². The molecule has 3 N–H and O–H groups in total. The van der Waals surface area contributed by atoms with Gasteiger partial charge in [-0.1, -0.05) is 24.3 Å². The molecular formula is C24H23N5O. The highest BCUT2D eigenvalue weighted by molar-refractivity contribution is 6.01. The van der Waals surface area contributed by atoms with Crippen molar-refractivity contribution in [1.29, 1.82) is 0 Å². The Labute approximate surface area is 174 Å². The number of nitrogens with one attached hydrogen (secondary N) is 3. The second-order valence-corrected chi connectivity index (χ2v) is 7.58. The van der Waals surface area contributed by atoms with Gasteiger partial charge >= 0.3 is 6.03 Å². The zero-order valence-electron chi connectivity index (χ0n) is 16.8. The van der Waals surface area contributed by atoms with Crippen LogP contribution in [0.4, 0.5) is 21.9 Å². The number of pyridine rings is 1. The van der Waals surface area contributed by atoms with Gasteiger partial charge in [0.15, 0.2) is 0 Å². The summed E-state index contributed by atoms with van der Waals surface area (Å²) >= 11 is 0. The number of amides is 2. The first-order chi connectivity index (χ1) is 14.7. The molecule has 0 radical (unpaired) electrons. The largest absolute Gasteiger partial charge is 0.367 e. The molecule has 0 aliphatic carbocycles. The SMILES string of the molecule is Cc1ccccc1NC(=O)Nc1cccc2c1CCN2Cc1c[nH]c2ncccc12.